The minimum Gasteiger partial charge on any atom is -0.508 e. The first-order chi connectivity index (χ1) is 15.1. The molecule has 1 saturated carbocycles. The second-order valence-corrected chi connectivity index (χ2v) is 11.3. The van der Waals surface area contributed by atoms with Crippen LogP contribution in [0.3, 0.4) is 0 Å². The number of hydrogen-bond acceptors (Lipinski definition) is 2. The van der Waals surface area contributed by atoms with E-state index in [0.29, 0.717) is 23.4 Å². The quantitative estimate of drug-likeness (QED) is 0.460. The van der Waals surface area contributed by atoms with Gasteiger partial charge in [0.2, 0.25) is 0 Å². The van der Waals surface area contributed by atoms with Crippen LogP contribution < -0.4 is 15.9 Å². The molecule has 0 bridgehead atoms. The third kappa shape index (κ3) is 5.37. The minimum absolute atomic E-state index is 0.364. The molecular formula is C28H34NOP. The van der Waals surface area contributed by atoms with Crippen molar-refractivity contribution >= 4 is 18.5 Å². The number of benzene rings is 3. The van der Waals surface area contributed by atoms with E-state index in [0.717, 1.165) is 18.5 Å². The molecule has 0 amide bonds. The summed E-state index contributed by atoms with van der Waals surface area (Å²) in [5.74, 6) is 1.09. The van der Waals surface area contributed by atoms with Crippen LogP contribution in [0.15, 0.2) is 78.9 Å². The molecule has 0 radical (unpaired) electrons. The number of aromatic hydroxyl groups is 1. The van der Waals surface area contributed by atoms with Crippen molar-refractivity contribution < 1.29 is 5.11 Å². The highest BCUT2D eigenvalue weighted by Gasteiger charge is 2.37. The average Bonchev–Trinajstić information content (AvgIpc) is 3.27. The molecule has 2 N–H and O–H groups in total. The molecule has 0 saturated heterocycles. The zero-order valence-electron chi connectivity index (χ0n) is 18.7. The molecular weight excluding hydrogens is 397 g/mol. The van der Waals surface area contributed by atoms with Crippen molar-refractivity contribution in [2.45, 2.75) is 51.2 Å². The second-order valence-electron chi connectivity index (χ2n) is 8.82. The smallest absolute Gasteiger partial charge is 0.118 e. The normalized spacial score (nSPS) is 19.6. The molecule has 3 aromatic rings. The Bertz CT molecular complexity index is 920. The maximum absolute atomic E-state index is 9.98. The van der Waals surface area contributed by atoms with Crippen LogP contribution >= 0.6 is 7.92 Å². The Kier molecular flexibility index (Phi) is 7.43. The van der Waals surface area contributed by atoms with Crippen LogP contribution in [-0.2, 0) is 6.42 Å². The van der Waals surface area contributed by atoms with Crippen LogP contribution in [0.25, 0.3) is 0 Å². The highest BCUT2D eigenvalue weighted by Crippen LogP contribution is 2.50. The van der Waals surface area contributed by atoms with E-state index >= 15 is 0 Å². The van der Waals surface area contributed by atoms with Gasteiger partial charge in [0.25, 0.3) is 0 Å². The molecule has 3 heteroatoms. The fraction of sp³-hybridized carbons (Fsp3) is 0.357. The van der Waals surface area contributed by atoms with Crippen LogP contribution in [0.5, 0.6) is 5.75 Å². The lowest BCUT2D eigenvalue weighted by Gasteiger charge is -2.34. The molecule has 0 aliphatic heterocycles. The molecule has 1 fully saturated rings. The predicted molar refractivity (Wildman–Crippen MR) is 134 cm³/mol. The molecule has 0 heterocycles. The molecule has 31 heavy (non-hydrogen) atoms. The van der Waals surface area contributed by atoms with Gasteiger partial charge in [0, 0.05) is 6.04 Å². The standard InChI is InChI=1S/C28H34NOP/c1-21-16-17-23(20-27(21)30)18-19-29-22(2)26-14-9-15-28(26)31(24-10-5-3-6-11-24)25-12-7-4-8-13-25/h3-8,10-13,16-17,20,22,26,28-30H,9,14-15,18-19H2,1-2H3. The van der Waals surface area contributed by atoms with Crippen molar-refractivity contribution in [2.75, 3.05) is 6.54 Å². The minimum atomic E-state index is -0.364. The molecule has 4 rings (SSSR count). The molecule has 0 aromatic heterocycles. The highest BCUT2D eigenvalue weighted by atomic mass is 31.1. The Morgan fingerprint density at radius 1 is 0.935 bits per heavy atom. The third-order valence-corrected chi connectivity index (χ3v) is 9.74. The number of aryl methyl sites for hydroxylation is 1. The van der Waals surface area contributed by atoms with E-state index in [2.05, 4.69) is 79.0 Å². The molecule has 1 aliphatic carbocycles. The summed E-state index contributed by atoms with van der Waals surface area (Å²) in [5, 5.41) is 16.8. The summed E-state index contributed by atoms with van der Waals surface area (Å²) in [6, 6.07) is 28.9. The lowest BCUT2D eigenvalue weighted by atomic mass is 9.99. The van der Waals surface area contributed by atoms with Crippen molar-refractivity contribution in [2.24, 2.45) is 5.92 Å². The SMILES string of the molecule is Cc1ccc(CCNC(C)C2CCCC2P(c2ccccc2)c2ccccc2)cc1O. The summed E-state index contributed by atoms with van der Waals surface area (Å²) in [4.78, 5) is 0. The molecule has 1 aliphatic rings. The van der Waals surface area contributed by atoms with Crippen LogP contribution in [-0.4, -0.2) is 23.4 Å². The van der Waals surface area contributed by atoms with Crippen LogP contribution in [0.1, 0.15) is 37.3 Å². The first-order valence-electron chi connectivity index (χ1n) is 11.5. The van der Waals surface area contributed by atoms with Crippen LogP contribution in [0.2, 0.25) is 0 Å². The first-order valence-corrected chi connectivity index (χ1v) is 13.0. The summed E-state index contributed by atoms with van der Waals surface area (Å²) < 4.78 is 0. The van der Waals surface area contributed by atoms with Crippen molar-refractivity contribution in [1.82, 2.24) is 5.32 Å². The molecule has 2 nitrogen and oxygen atoms in total. The summed E-state index contributed by atoms with van der Waals surface area (Å²) >= 11 is 0. The largest absolute Gasteiger partial charge is 0.508 e. The maximum atomic E-state index is 9.98. The Morgan fingerprint density at radius 3 is 2.19 bits per heavy atom. The number of phenols is 1. The summed E-state index contributed by atoms with van der Waals surface area (Å²) in [6.45, 7) is 5.26. The Morgan fingerprint density at radius 2 is 1.58 bits per heavy atom. The third-order valence-electron chi connectivity index (χ3n) is 6.73. The van der Waals surface area contributed by atoms with Crippen molar-refractivity contribution in [3.63, 3.8) is 0 Å². The summed E-state index contributed by atoms with van der Waals surface area (Å²) in [7, 11) is -0.364. The molecule has 162 valence electrons. The van der Waals surface area contributed by atoms with Crippen LogP contribution in [0, 0.1) is 12.8 Å². The van der Waals surface area contributed by atoms with Gasteiger partial charge < -0.3 is 10.4 Å². The topological polar surface area (TPSA) is 32.3 Å². The number of hydrogen-bond donors (Lipinski definition) is 2. The van der Waals surface area contributed by atoms with E-state index in [1.54, 1.807) is 0 Å². The number of phenolic OH excluding ortho intramolecular Hbond substituents is 1. The highest BCUT2D eigenvalue weighted by molar-refractivity contribution is 7.73. The van der Waals surface area contributed by atoms with E-state index in [4.69, 9.17) is 0 Å². The van der Waals surface area contributed by atoms with Crippen molar-refractivity contribution in [1.29, 1.82) is 0 Å². The van der Waals surface area contributed by atoms with Gasteiger partial charge in [0.15, 0.2) is 0 Å². The van der Waals surface area contributed by atoms with Gasteiger partial charge in [-0.1, -0.05) is 79.2 Å². The van der Waals surface area contributed by atoms with Gasteiger partial charge in [-0.3, -0.25) is 0 Å². The van der Waals surface area contributed by atoms with E-state index in [9.17, 15) is 5.11 Å². The second kappa shape index (κ2) is 10.4. The van der Waals surface area contributed by atoms with E-state index < -0.39 is 0 Å². The molecule has 0 spiro atoms. The molecule has 3 atom stereocenters. The van der Waals surface area contributed by atoms with Crippen LogP contribution in [0.4, 0.5) is 0 Å². The Balaban J connectivity index is 1.46. The maximum Gasteiger partial charge on any atom is 0.118 e. The van der Waals surface area contributed by atoms with Gasteiger partial charge >= 0.3 is 0 Å². The zero-order chi connectivity index (χ0) is 21.6. The van der Waals surface area contributed by atoms with Gasteiger partial charge in [0.05, 0.1) is 0 Å². The average molecular weight is 432 g/mol. The number of nitrogens with one attached hydrogen (secondary N) is 1. The number of rotatable bonds is 8. The van der Waals surface area contributed by atoms with Gasteiger partial charge in [-0.2, -0.15) is 0 Å². The van der Waals surface area contributed by atoms with E-state index in [-0.39, 0.29) is 7.92 Å². The van der Waals surface area contributed by atoms with E-state index in [1.807, 2.05) is 19.1 Å². The lowest BCUT2D eigenvalue weighted by Crippen LogP contribution is -2.39. The van der Waals surface area contributed by atoms with Gasteiger partial charge in [-0.05, 0) is 87.0 Å². The predicted octanol–water partition coefficient (Wildman–Crippen LogP) is 5.52. The van der Waals surface area contributed by atoms with Crippen molar-refractivity contribution in [3.05, 3.63) is 90.0 Å². The van der Waals surface area contributed by atoms with Gasteiger partial charge in [0.1, 0.15) is 5.75 Å². The zero-order valence-corrected chi connectivity index (χ0v) is 19.6. The fourth-order valence-electron chi connectivity index (χ4n) is 4.99. The molecule has 3 unspecified atom stereocenters. The van der Waals surface area contributed by atoms with Crippen molar-refractivity contribution in [3.8, 4) is 5.75 Å². The summed E-state index contributed by atoms with van der Waals surface area (Å²) in [5.41, 5.74) is 2.85. The summed E-state index contributed by atoms with van der Waals surface area (Å²) in [6.07, 6.45) is 4.90. The van der Waals surface area contributed by atoms with Gasteiger partial charge in [-0.25, -0.2) is 0 Å². The monoisotopic (exact) mass is 431 g/mol. The Hall–Kier alpha value is -2.15. The molecule has 3 aromatic carbocycles. The fourth-order valence-corrected chi connectivity index (χ4v) is 8.27. The Labute approximate surface area is 188 Å². The van der Waals surface area contributed by atoms with E-state index in [1.165, 1.54) is 35.4 Å². The lowest BCUT2D eigenvalue weighted by molar-refractivity contribution is 0.389. The first kappa shape index (κ1) is 22.1. The van der Waals surface area contributed by atoms with Gasteiger partial charge in [-0.15, -0.1) is 0 Å².